The number of esters is 1. The Hall–Kier alpha value is -1.60. The lowest BCUT2D eigenvalue weighted by atomic mass is 9.76. The molecule has 22 heavy (non-hydrogen) atoms. The lowest BCUT2D eigenvalue weighted by Crippen LogP contribution is -2.48. The quantitative estimate of drug-likeness (QED) is 0.807. The van der Waals surface area contributed by atoms with Gasteiger partial charge in [-0.2, -0.15) is 13.2 Å². The third-order valence-corrected chi connectivity index (χ3v) is 3.59. The molecule has 2 unspecified atom stereocenters. The molecule has 0 fully saturated rings. The minimum atomic E-state index is -4.99. The van der Waals surface area contributed by atoms with Crippen molar-refractivity contribution >= 4 is 17.7 Å². The number of aliphatic imine (C=N–C) groups is 1. The molecule has 5 nitrogen and oxygen atoms in total. The Labute approximate surface area is 126 Å². The van der Waals surface area contributed by atoms with Crippen molar-refractivity contribution < 1.29 is 32.6 Å². The Morgan fingerprint density at radius 1 is 1.32 bits per heavy atom. The summed E-state index contributed by atoms with van der Waals surface area (Å²) in [6.07, 6.45) is -5.93. The van der Waals surface area contributed by atoms with Gasteiger partial charge in [-0.15, -0.1) is 0 Å². The molecule has 0 spiro atoms. The van der Waals surface area contributed by atoms with Crippen molar-refractivity contribution in [3.8, 4) is 0 Å². The van der Waals surface area contributed by atoms with E-state index in [9.17, 15) is 27.9 Å². The van der Waals surface area contributed by atoms with Gasteiger partial charge >= 0.3 is 18.1 Å². The monoisotopic (exact) mass is 323 g/mol. The third kappa shape index (κ3) is 3.41. The molecule has 0 aromatic rings. The highest BCUT2D eigenvalue weighted by Gasteiger charge is 2.64. The summed E-state index contributed by atoms with van der Waals surface area (Å²) >= 11 is 0. The summed E-state index contributed by atoms with van der Waals surface area (Å²) in [7, 11) is 0. The number of nitrogens with zero attached hydrogens (tertiary/aromatic N) is 1. The van der Waals surface area contributed by atoms with Crippen LogP contribution >= 0.6 is 0 Å². The highest BCUT2D eigenvalue weighted by atomic mass is 19.4. The maximum absolute atomic E-state index is 13.5. The number of carbonyl (C=O) groups is 2. The number of carboxylic acid groups (broad SMARTS) is 1. The molecule has 1 heterocycles. The number of ether oxygens (including phenoxy) is 1. The van der Waals surface area contributed by atoms with Gasteiger partial charge in [0.1, 0.15) is 5.71 Å². The van der Waals surface area contributed by atoms with Gasteiger partial charge in [0, 0.05) is 12.3 Å². The van der Waals surface area contributed by atoms with Crippen LogP contribution in [-0.2, 0) is 14.3 Å². The fraction of sp³-hybridized carbons (Fsp3) is 0.786. The largest absolute Gasteiger partial charge is 0.481 e. The topological polar surface area (TPSA) is 76.0 Å². The SMILES string of the molecule is CC(C)C1=NC(CC(C(=O)O)C(C)(C)C)(C(F)(F)F)OC1=O. The molecule has 0 aromatic heterocycles. The Morgan fingerprint density at radius 2 is 1.82 bits per heavy atom. The summed E-state index contributed by atoms with van der Waals surface area (Å²) < 4.78 is 44.9. The van der Waals surface area contributed by atoms with E-state index in [-0.39, 0.29) is 5.71 Å². The number of hydrogen-bond acceptors (Lipinski definition) is 4. The van der Waals surface area contributed by atoms with Crippen molar-refractivity contribution in [2.45, 2.75) is 52.9 Å². The number of hydrogen-bond donors (Lipinski definition) is 1. The zero-order valence-electron chi connectivity index (χ0n) is 13.1. The number of halogens is 3. The van der Waals surface area contributed by atoms with Gasteiger partial charge in [-0.3, -0.25) is 4.79 Å². The fourth-order valence-corrected chi connectivity index (χ4v) is 2.20. The van der Waals surface area contributed by atoms with E-state index < -0.39 is 47.5 Å². The third-order valence-electron chi connectivity index (χ3n) is 3.59. The van der Waals surface area contributed by atoms with E-state index in [1.807, 2.05) is 0 Å². The Kier molecular flexibility index (Phi) is 4.65. The number of cyclic esters (lactones) is 1. The Balaban J connectivity index is 3.33. The summed E-state index contributed by atoms with van der Waals surface area (Å²) in [6, 6.07) is 0. The average molecular weight is 323 g/mol. The van der Waals surface area contributed by atoms with Crippen LogP contribution in [0, 0.1) is 17.3 Å². The van der Waals surface area contributed by atoms with Crippen molar-refractivity contribution in [2.24, 2.45) is 22.2 Å². The number of aliphatic carboxylic acids is 1. The first kappa shape index (κ1) is 18.4. The van der Waals surface area contributed by atoms with Crippen LogP contribution in [0.2, 0.25) is 0 Å². The first-order valence-electron chi connectivity index (χ1n) is 6.84. The van der Waals surface area contributed by atoms with Crippen LogP contribution in [0.5, 0.6) is 0 Å². The second-order valence-corrected chi connectivity index (χ2v) is 6.78. The average Bonchev–Trinajstić information content (AvgIpc) is 2.62. The molecular formula is C14H20F3NO4. The van der Waals surface area contributed by atoms with Gasteiger partial charge in [0.05, 0.1) is 5.92 Å². The van der Waals surface area contributed by atoms with Gasteiger partial charge in [-0.1, -0.05) is 34.6 Å². The zero-order valence-corrected chi connectivity index (χ0v) is 13.1. The summed E-state index contributed by atoms with van der Waals surface area (Å²) in [5.41, 5.74) is -4.40. The predicted octanol–water partition coefficient (Wildman–Crippen LogP) is 3.04. The molecule has 0 aromatic carbocycles. The van der Waals surface area contributed by atoms with Crippen LogP contribution in [0.25, 0.3) is 0 Å². The maximum atomic E-state index is 13.5. The molecule has 2 atom stereocenters. The lowest BCUT2D eigenvalue weighted by molar-refractivity contribution is -0.266. The number of rotatable bonds is 4. The molecule has 0 saturated heterocycles. The molecule has 0 bridgehead atoms. The summed E-state index contributed by atoms with van der Waals surface area (Å²) in [5, 5.41) is 9.23. The standard InChI is InChI=1S/C14H20F3NO4/c1-7(2)9-11(21)22-13(18-9,14(15,16)17)6-8(10(19)20)12(3,4)5/h7-8H,6H2,1-5H3,(H,19,20). The van der Waals surface area contributed by atoms with Gasteiger partial charge in [0.2, 0.25) is 0 Å². The number of alkyl halides is 3. The molecule has 1 aliphatic heterocycles. The van der Waals surface area contributed by atoms with Gasteiger partial charge in [0.15, 0.2) is 0 Å². The van der Waals surface area contributed by atoms with E-state index in [2.05, 4.69) is 9.73 Å². The zero-order chi connectivity index (χ0) is 17.5. The van der Waals surface area contributed by atoms with Crippen LogP contribution in [0.3, 0.4) is 0 Å². The van der Waals surface area contributed by atoms with E-state index in [0.717, 1.165) is 0 Å². The number of carboxylic acids is 1. The summed E-state index contributed by atoms with van der Waals surface area (Å²) in [4.78, 5) is 26.5. The second kappa shape index (κ2) is 5.55. The first-order chi connectivity index (χ1) is 9.71. The lowest BCUT2D eigenvalue weighted by Gasteiger charge is -2.34. The van der Waals surface area contributed by atoms with Crippen molar-refractivity contribution in [3.63, 3.8) is 0 Å². The molecule has 126 valence electrons. The van der Waals surface area contributed by atoms with Crippen LogP contribution in [0.1, 0.15) is 41.0 Å². The first-order valence-corrected chi connectivity index (χ1v) is 6.84. The molecule has 8 heteroatoms. The molecule has 1 aliphatic rings. The smallest absolute Gasteiger partial charge is 0.450 e. The van der Waals surface area contributed by atoms with Crippen LogP contribution in [0.4, 0.5) is 13.2 Å². The Bertz CT molecular complexity index is 505. The normalized spacial score (nSPS) is 24.2. The van der Waals surface area contributed by atoms with Gasteiger partial charge in [0.25, 0.3) is 5.72 Å². The van der Waals surface area contributed by atoms with Crippen molar-refractivity contribution in [1.82, 2.24) is 0 Å². The van der Waals surface area contributed by atoms with Crippen molar-refractivity contribution in [3.05, 3.63) is 0 Å². The minimum Gasteiger partial charge on any atom is -0.481 e. The van der Waals surface area contributed by atoms with Crippen molar-refractivity contribution in [1.29, 1.82) is 0 Å². The van der Waals surface area contributed by atoms with E-state index in [1.165, 1.54) is 34.6 Å². The molecule has 0 amide bonds. The summed E-state index contributed by atoms with van der Waals surface area (Å²) in [6.45, 7) is 7.58. The molecule has 1 N–H and O–H groups in total. The van der Waals surface area contributed by atoms with E-state index in [0.29, 0.717) is 0 Å². The molecule has 0 saturated carbocycles. The van der Waals surface area contributed by atoms with Crippen LogP contribution < -0.4 is 0 Å². The second-order valence-electron chi connectivity index (χ2n) is 6.78. The molecule has 0 aliphatic carbocycles. The summed E-state index contributed by atoms with van der Waals surface area (Å²) in [5.74, 6) is -4.46. The van der Waals surface area contributed by atoms with E-state index in [4.69, 9.17) is 0 Å². The fourth-order valence-electron chi connectivity index (χ4n) is 2.20. The highest BCUT2D eigenvalue weighted by molar-refractivity contribution is 6.38. The number of carbonyl (C=O) groups excluding carboxylic acids is 1. The van der Waals surface area contributed by atoms with Crippen LogP contribution in [-0.4, -0.2) is 34.7 Å². The molecular weight excluding hydrogens is 303 g/mol. The van der Waals surface area contributed by atoms with E-state index in [1.54, 1.807) is 0 Å². The molecule has 0 radical (unpaired) electrons. The van der Waals surface area contributed by atoms with Gasteiger partial charge < -0.3 is 9.84 Å². The maximum Gasteiger partial charge on any atom is 0.450 e. The van der Waals surface area contributed by atoms with Crippen molar-refractivity contribution in [2.75, 3.05) is 0 Å². The van der Waals surface area contributed by atoms with E-state index >= 15 is 0 Å². The highest BCUT2D eigenvalue weighted by Crippen LogP contribution is 2.46. The minimum absolute atomic E-state index is 0.324. The van der Waals surface area contributed by atoms with Gasteiger partial charge in [-0.25, -0.2) is 9.79 Å². The Morgan fingerprint density at radius 3 is 2.09 bits per heavy atom. The van der Waals surface area contributed by atoms with Gasteiger partial charge in [-0.05, 0) is 5.41 Å². The molecule has 1 rings (SSSR count). The van der Waals surface area contributed by atoms with Crippen LogP contribution in [0.15, 0.2) is 4.99 Å². The predicted molar refractivity (Wildman–Crippen MR) is 72.3 cm³/mol.